The molecule has 67 heavy (non-hydrogen) atoms. The normalized spacial score (nSPS) is 16.4. The summed E-state index contributed by atoms with van der Waals surface area (Å²) in [6.45, 7) is 17.7. The van der Waals surface area contributed by atoms with Gasteiger partial charge in [0.25, 0.3) is 0 Å². The first-order chi connectivity index (χ1) is 31.2. The molecule has 2 fully saturated rings. The van der Waals surface area contributed by atoms with Gasteiger partial charge in [0.15, 0.2) is 0 Å². The minimum Gasteiger partial charge on any atom is -0.415 e. The van der Waals surface area contributed by atoms with Gasteiger partial charge < -0.3 is 24.7 Å². The molecule has 9 nitrogen and oxygen atoms in total. The van der Waals surface area contributed by atoms with E-state index >= 15 is 0 Å². The van der Waals surface area contributed by atoms with E-state index in [4.69, 9.17) is 47.9 Å². The third kappa shape index (κ3) is 17.9. The fraction of sp³-hybridized carbons (Fsp3) is 0.519. The van der Waals surface area contributed by atoms with Gasteiger partial charge in [0.05, 0.1) is 50.2 Å². The Labute approximate surface area is 424 Å². The molecule has 2 saturated heterocycles. The van der Waals surface area contributed by atoms with E-state index in [-0.39, 0.29) is 55.5 Å². The highest BCUT2D eigenvalue weighted by Gasteiger charge is 2.37. The quantitative estimate of drug-likeness (QED) is 0.0656. The van der Waals surface area contributed by atoms with Crippen molar-refractivity contribution in [3.8, 4) is 0 Å². The summed E-state index contributed by atoms with van der Waals surface area (Å²) in [6.07, 6.45) is 8.56. The highest BCUT2D eigenvalue weighted by molar-refractivity contribution is 6.30. The van der Waals surface area contributed by atoms with Crippen LogP contribution in [-0.2, 0) is 28.5 Å². The van der Waals surface area contributed by atoms with E-state index in [1.54, 1.807) is 0 Å². The lowest BCUT2D eigenvalue weighted by Gasteiger charge is -2.41. The maximum absolute atomic E-state index is 12.7. The fourth-order valence-corrected chi connectivity index (χ4v) is 9.07. The standard InChI is InChI=1S/C28H39ClNO3.C26H36ClN2O3.2ClH/c1-4-17-28(2,3)27(31)33-22-30(18-9-6-10-19-30)20-21-32-26(23-11-7-5-8-12-23)24-13-15-25(29)16-14-24;1-26(2,19-28)25(30)32-20-29(15-7-4-8-16-29)17-18-31-24(21-9-5-3-6-10-21)22-11-13-23(27)14-12-22;;/h5,7-8,11-16,26H,4,6,9-10,17-22H2,1-3H3;3,5-6,9-14,24H,4,7-8,15-20,28H2,1-2H3;2*1H/q2*+1;;. The number of hydrogen-bond donors (Lipinski definition) is 1. The Bertz CT molecular complexity index is 2010. The number of hydrogen-bond acceptors (Lipinski definition) is 7. The second-order valence-electron chi connectivity index (χ2n) is 19.4. The molecule has 0 amide bonds. The largest absolute Gasteiger partial charge is 0.415 e. The van der Waals surface area contributed by atoms with Gasteiger partial charge in [-0.1, -0.05) is 121 Å². The van der Waals surface area contributed by atoms with Gasteiger partial charge in [-0.25, -0.2) is 0 Å². The van der Waals surface area contributed by atoms with Crippen LogP contribution in [0.2, 0.25) is 10.0 Å². The van der Waals surface area contributed by atoms with E-state index in [0.29, 0.717) is 31.7 Å². The molecule has 2 atom stereocenters. The molecule has 0 aromatic heterocycles. The number of rotatable bonds is 21. The lowest BCUT2D eigenvalue weighted by Crippen LogP contribution is -2.55. The molecule has 2 aliphatic heterocycles. The number of nitrogens with zero attached hydrogens (tertiary/aromatic N) is 2. The minimum absolute atomic E-state index is 0. The van der Waals surface area contributed by atoms with Crippen molar-refractivity contribution in [3.05, 3.63) is 141 Å². The van der Waals surface area contributed by atoms with Crippen molar-refractivity contribution in [2.24, 2.45) is 16.6 Å². The predicted molar refractivity (Wildman–Crippen MR) is 277 cm³/mol. The van der Waals surface area contributed by atoms with Crippen molar-refractivity contribution in [2.45, 2.75) is 98.2 Å². The van der Waals surface area contributed by atoms with Crippen molar-refractivity contribution in [1.82, 2.24) is 0 Å². The fourth-order valence-electron chi connectivity index (χ4n) is 8.82. The molecule has 2 N–H and O–H groups in total. The molecule has 4 aromatic carbocycles. The maximum Gasteiger partial charge on any atom is 0.317 e. The van der Waals surface area contributed by atoms with Crippen molar-refractivity contribution in [3.63, 3.8) is 0 Å². The van der Waals surface area contributed by atoms with E-state index in [9.17, 15) is 9.59 Å². The summed E-state index contributed by atoms with van der Waals surface area (Å²) in [6, 6.07) is 36.2. The molecular weight excluding hydrogens is 928 g/mol. The van der Waals surface area contributed by atoms with Crippen LogP contribution in [-0.4, -0.2) is 93.4 Å². The third-order valence-corrected chi connectivity index (χ3v) is 13.7. The summed E-state index contributed by atoms with van der Waals surface area (Å²) >= 11 is 12.2. The SMILES string of the molecule is CC(C)(CN)C(=O)OC[N+]1(CCOC(c2ccccc2)c2ccc(Cl)cc2)CCCCC1.CCCC(C)(C)C(=O)OC[N+]1(CCOC(c2ccccc2)c2ccc(Cl)cc2)CCCCC1.Cl.Cl. The Morgan fingerprint density at radius 1 is 0.552 bits per heavy atom. The Morgan fingerprint density at radius 2 is 0.896 bits per heavy atom. The van der Waals surface area contributed by atoms with Gasteiger partial charge >= 0.3 is 11.9 Å². The van der Waals surface area contributed by atoms with Crippen LogP contribution in [0.4, 0.5) is 0 Å². The van der Waals surface area contributed by atoms with Crippen LogP contribution in [0.25, 0.3) is 0 Å². The second-order valence-corrected chi connectivity index (χ2v) is 20.3. The van der Waals surface area contributed by atoms with E-state index in [2.05, 4.69) is 31.2 Å². The Kier molecular flexibility index (Phi) is 24.7. The molecule has 2 unspecified atom stereocenters. The van der Waals surface area contributed by atoms with Gasteiger partial charge in [0.1, 0.15) is 25.3 Å². The second kappa shape index (κ2) is 28.4. The third-order valence-electron chi connectivity index (χ3n) is 13.2. The number of carbonyl (C=O) groups excluding carboxylic acids is 2. The molecule has 2 heterocycles. The van der Waals surface area contributed by atoms with Crippen molar-refractivity contribution in [1.29, 1.82) is 0 Å². The minimum atomic E-state index is -0.663. The van der Waals surface area contributed by atoms with Gasteiger partial charge in [-0.05, 0) is 119 Å². The summed E-state index contributed by atoms with van der Waals surface area (Å²) in [5, 5.41) is 1.43. The molecular formula is C54H77Cl4N3O6+2. The van der Waals surface area contributed by atoms with Gasteiger partial charge in [0, 0.05) is 16.6 Å². The molecule has 0 radical (unpaired) electrons. The smallest absolute Gasteiger partial charge is 0.317 e. The molecule has 370 valence electrons. The number of carbonyl (C=O) groups is 2. The molecule has 4 aromatic rings. The summed E-state index contributed by atoms with van der Waals surface area (Å²) in [5.74, 6) is -0.316. The van der Waals surface area contributed by atoms with Crippen LogP contribution in [0.3, 0.4) is 0 Å². The first-order valence-corrected chi connectivity index (χ1v) is 24.5. The Morgan fingerprint density at radius 3 is 1.24 bits per heavy atom. The van der Waals surface area contributed by atoms with Crippen LogP contribution in [0.15, 0.2) is 109 Å². The van der Waals surface area contributed by atoms with E-state index < -0.39 is 10.8 Å². The van der Waals surface area contributed by atoms with Crippen molar-refractivity contribution in [2.75, 3.05) is 72.5 Å². The monoisotopic (exact) mass is 1000 g/mol. The topological polar surface area (TPSA) is 97.1 Å². The van der Waals surface area contributed by atoms with Crippen molar-refractivity contribution >= 4 is 60.0 Å². The van der Waals surface area contributed by atoms with Crippen LogP contribution in [0.5, 0.6) is 0 Å². The number of halogens is 4. The highest BCUT2D eigenvalue weighted by atomic mass is 35.5. The van der Waals surface area contributed by atoms with E-state index in [0.717, 1.165) is 114 Å². The van der Waals surface area contributed by atoms with Crippen LogP contribution < -0.4 is 5.73 Å². The zero-order chi connectivity index (χ0) is 46.8. The van der Waals surface area contributed by atoms with Gasteiger partial charge in [-0.3, -0.25) is 18.6 Å². The van der Waals surface area contributed by atoms with Gasteiger partial charge in [0.2, 0.25) is 13.5 Å². The van der Waals surface area contributed by atoms with Crippen LogP contribution in [0, 0.1) is 10.8 Å². The zero-order valence-corrected chi connectivity index (χ0v) is 43.6. The first-order valence-electron chi connectivity index (χ1n) is 23.8. The lowest BCUT2D eigenvalue weighted by molar-refractivity contribution is -0.948. The Balaban J connectivity index is 0.000000345. The lowest BCUT2D eigenvalue weighted by atomic mass is 9.88. The number of esters is 2. The number of quaternary nitrogens is 2. The number of nitrogens with two attached hydrogens (primary N) is 1. The van der Waals surface area contributed by atoms with Gasteiger partial charge in [-0.2, -0.15) is 0 Å². The highest BCUT2D eigenvalue weighted by Crippen LogP contribution is 2.31. The Hall–Kier alpha value is -3.22. The number of ether oxygens (including phenoxy) is 4. The first kappa shape index (κ1) is 58.1. The van der Waals surface area contributed by atoms with E-state index in [1.807, 2.05) is 113 Å². The molecule has 6 rings (SSSR count). The molecule has 0 saturated carbocycles. The van der Waals surface area contributed by atoms with Gasteiger partial charge in [-0.15, -0.1) is 24.8 Å². The molecule has 13 heteroatoms. The number of likely N-dealkylation sites (tertiary alicyclic amines) is 2. The molecule has 0 aliphatic carbocycles. The summed E-state index contributed by atoms with van der Waals surface area (Å²) < 4.78 is 26.2. The summed E-state index contributed by atoms with van der Waals surface area (Å²) in [7, 11) is 0. The number of benzene rings is 4. The van der Waals surface area contributed by atoms with E-state index in [1.165, 1.54) is 12.8 Å². The average molecular weight is 1010 g/mol. The average Bonchev–Trinajstić information content (AvgIpc) is 3.32. The molecule has 0 spiro atoms. The molecule has 2 aliphatic rings. The summed E-state index contributed by atoms with van der Waals surface area (Å²) in [4.78, 5) is 25.3. The van der Waals surface area contributed by atoms with Crippen LogP contribution in [0.1, 0.15) is 120 Å². The summed E-state index contributed by atoms with van der Waals surface area (Å²) in [5.41, 5.74) is 9.04. The van der Waals surface area contributed by atoms with Crippen LogP contribution >= 0.6 is 48.0 Å². The van der Waals surface area contributed by atoms with Crippen molar-refractivity contribution < 1.29 is 37.5 Å². The predicted octanol–water partition coefficient (Wildman–Crippen LogP) is 12.5. The maximum atomic E-state index is 12.7. The molecule has 0 bridgehead atoms. The number of piperidine rings is 2. The zero-order valence-electron chi connectivity index (χ0n) is 40.5.